The zero-order valence-corrected chi connectivity index (χ0v) is 12.4. The van der Waals surface area contributed by atoms with Gasteiger partial charge in [0.2, 0.25) is 0 Å². The molecule has 112 valence electrons. The van der Waals surface area contributed by atoms with Gasteiger partial charge in [0.1, 0.15) is 19.0 Å². The van der Waals surface area contributed by atoms with Crippen LogP contribution in [0.3, 0.4) is 0 Å². The number of anilines is 1. The summed E-state index contributed by atoms with van der Waals surface area (Å²) in [5.74, 6) is 2.46. The summed E-state index contributed by atoms with van der Waals surface area (Å²) in [5.41, 5.74) is 9.08. The Bertz CT molecular complexity index is 636. The molecule has 5 heteroatoms. The van der Waals surface area contributed by atoms with Gasteiger partial charge < -0.3 is 19.6 Å². The average molecular weight is 288 g/mol. The number of hydrogen-bond acceptors (Lipinski definition) is 5. The van der Waals surface area contributed by atoms with Crippen LogP contribution in [0, 0.1) is 6.92 Å². The molecule has 3 rings (SSSR count). The molecular weight excluding hydrogens is 268 g/mol. The second kappa shape index (κ2) is 5.69. The van der Waals surface area contributed by atoms with Crippen molar-refractivity contribution in [2.75, 3.05) is 26.0 Å². The fourth-order valence-electron chi connectivity index (χ4n) is 2.50. The number of rotatable bonds is 4. The Kier molecular flexibility index (Phi) is 3.75. The molecule has 0 saturated heterocycles. The van der Waals surface area contributed by atoms with Crippen LogP contribution in [0.2, 0.25) is 0 Å². The number of hydrogen-bond donors (Lipinski definition) is 1. The highest BCUT2D eigenvalue weighted by atomic mass is 16.6. The third kappa shape index (κ3) is 2.97. The highest BCUT2D eigenvalue weighted by molar-refractivity contribution is 5.58. The Morgan fingerprint density at radius 1 is 1.10 bits per heavy atom. The molecule has 0 bridgehead atoms. The van der Waals surface area contributed by atoms with E-state index >= 15 is 0 Å². The van der Waals surface area contributed by atoms with Crippen LogP contribution in [-0.2, 0) is 13.1 Å². The van der Waals surface area contributed by atoms with E-state index in [0.717, 1.165) is 41.6 Å². The van der Waals surface area contributed by atoms with Gasteiger partial charge in [-0.2, -0.15) is 0 Å². The summed E-state index contributed by atoms with van der Waals surface area (Å²) in [6.45, 7) is 4.69. The lowest BCUT2D eigenvalue weighted by Gasteiger charge is -2.22. The molecule has 5 nitrogen and oxygen atoms in total. The summed E-state index contributed by atoms with van der Waals surface area (Å²) < 4.78 is 16.5. The van der Waals surface area contributed by atoms with Crippen LogP contribution in [0.4, 0.5) is 5.69 Å². The van der Waals surface area contributed by atoms with E-state index in [-0.39, 0.29) is 0 Å². The molecule has 0 radical (unpaired) electrons. The van der Waals surface area contributed by atoms with Crippen LogP contribution >= 0.6 is 0 Å². The summed E-state index contributed by atoms with van der Waals surface area (Å²) >= 11 is 0. The van der Waals surface area contributed by atoms with E-state index in [2.05, 4.69) is 11.9 Å². The van der Waals surface area contributed by atoms with Crippen LogP contribution in [0.1, 0.15) is 16.9 Å². The van der Waals surface area contributed by atoms with E-state index in [4.69, 9.17) is 19.6 Å². The lowest BCUT2D eigenvalue weighted by atomic mass is 10.1. The SMILES string of the molecule is Cc1occc1CN(C)Cc1cc2c(cc1N)OCCO2. The normalized spacial score (nSPS) is 13.7. The second-order valence-electron chi connectivity index (χ2n) is 5.37. The molecule has 0 aliphatic carbocycles. The number of benzene rings is 1. The molecule has 1 aromatic carbocycles. The van der Waals surface area contributed by atoms with Crippen LogP contribution < -0.4 is 15.2 Å². The molecule has 1 aliphatic heterocycles. The number of nitrogens with zero attached hydrogens (tertiary/aromatic N) is 1. The second-order valence-corrected chi connectivity index (χ2v) is 5.37. The van der Waals surface area contributed by atoms with E-state index in [9.17, 15) is 0 Å². The lowest BCUT2D eigenvalue weighted by Crippen LogP contribution is -2.20. The molecule has 0 spiro atoms. The maximum Gasteiger partial charge on any atom is 0.163 e. The van der Waals surface area contributed by atoms with Crippen molar-refractivity contribution in [1.29, 1.82) is 0 Å². The molecule has 2 aromatic rings. The first-order valence-electron chi connectivity index (χ1n) is 7.03. The van der Waals surface area contributed by atoms with Gasteiger partial charge in [0.15, 0.2) is 11.5 Å². The van der Waals surface area contributed by atoms with Gasteiger partial charge in [-0.05, 0) is 31.7 Å². The highest BCUT2D eigenvalue weighted by Crippen LogP contribution is 2.34. The maximum absolute atomic E-state index is 6.12. The molecule has 0 amide bonds. The number of fused-ring (bicyclic) bond motifs is 1. The Morgan fingerprint density at radius 3 is 2.43 bits per heavy atom. The molecular formula is C16H20N2O3. The van der Waals surface area contributed by atoms with Crippen molar-refractivity contribution in [2.45, 2.75) is 20.0 Å². The zero-order valence-electron chi connectivity index (χ0n) is 12.4. The van der Waals surface area contributed by atoms with Crippen molar-refractivity contribution in [3.05, 3.63) is 41.3 Å². The van der Waals surface area contributed by atoms with Gasteiger partial charge in [-0.1, -0.05) is 0 Å². The van der Waals surface area contributed by atoms with Crippen molar-refractivity contribution in [3.63, 3.8) is 0 Å². The average Bonchev–Trinajstić information content (AvgIpc) is 2.85. The minimum Gasteiger partial charge on any atom is -0.486 e. The van der Waals surface area contributed by atoms with E-state index < -0.39 is 0 Å². The third-order valence-electron chi connectivity index (χ3n) is 3.65. The largest absolute Gasteiger partial charge is 0.486 e. The molecule has 2 N–H and O–H groups in total. The van der Waals surface area contributed by atoms with Crippen molar-refractivity contribution >= 4 is 5.69 Å². The summed E-state index contributed by atoms with van der Waals surface area (Å²) in [7, 11) is 2.06. The smallest absolute Gasteiger partial charge is 0.163 e. The van der Waals surface area contributed by atoms with Crippen LogP contribution in [0.25, 0.3) is 0 Å². The number of furan rings is 1. The van der Waals surface area contributed by atoms with Crippen molar-refractivity contribution < 1.29 is 13.9 Å². The molecule has 0 atom stereocenters. The fourth-order valence-corrected chi connectivity index (χ4v) is 2.50. The van der Waals surface area contributed by atoms with Gasteiger partial charge in [-0.25, -0.2) is 0 Å². The number of aryl methyl sites for hydroxylation is 1. The molecule has 21 heavy (non-hydrogen) atoms. The minimum atomic E-state index is 0.575. The van der Waals surface area contributed by atoms with E-state index in [0.29, 0.717) is 13.2 Å². The van der Waals surface area contributed by atoms with Gasteiger partial charge >= 0.3 is 0 Å². The first kappa shape index (κ1) is 13.8. The summed E-state index contributed by atoms with van der Waals surface area (Å²) in [4.78, 5) is 2.19. The van der Waals surface area contributed by atoms with Gasteiger partial charge in [0.25, 0.3) is 0 Å². The zero-order chi connectivity index (χ0) is 14.8. The maximum atomic E-state index is 6.12. The van der Waals surface area contributed by atoms with Gasteiger partial charge in [0.05, 0.1) is 6.26 Å². The highest BCUT2D eigenvalue weighted by Gasteiger charge is 2.16. The Balaban J connectivity index is 1.73. The summed E-state index contributed by atoms with van der Waals surface area (Å²) in [6.07, 6.45) is 1.72. The number of nitrogens with two attached hydrogens (primary N) is 1. The molecule has 2 heterocycles. The van der Waals surface area contributed by atoms with E-state index in [1.165, 1.54) is 5.56 Å². The summed E-state index contributed by atoms with van der Waals surface area (Å²) in [5, 5.41) is 0. The Labute approximate surface area is 124 Å². The van der Waals surface area contributed by atoms with E-state index in [1.54, 1.807) is 6.26 Å². The molecule has 1 aromatic heterocycles. The predicted octanol–water partition coefficient (Wildman–Crippen LogP) is 2.57. The lowest BCUT2D eigenvalue weighted by molar-refractivity contribution is 0.171. The third-order valence-corrected chi connectivity index (χ3v) is 3.65. The molecule has 1 aliphatic rings. The van der Waals surface area contributed by atoms with Crippen molar-refractivity contribution in [1.82, 2.24) is 4.90 Å². The van der Waals surface area contributed by atoms with Crippen molar-refractivity contribution in [3.8, 4) is 11.5 Å². The monoisotopic (exact) mass is 288 g/mol. The Morgan fingerprint density at radius 2 is 1.76 bits per heavy atom. The minimum absolute atomic E-state index is 0.575. The quantitative estimate of drug-likeness (QED) is 0.876. The first-order chi connectivity index (χ1) is 10.1. The van der Waals surface area contributed by atoms with Gasteiger partial charge in [0, 0.05) is 30.4 Å². The van der Waals surface area contributed by atoms with Crippen LogP contribution in [0.15, 0.2) is 28.9 Å². The van der Waals surface area contributed by atoms with Crippen molar-refractivity contribution in [2.24, 2.45) is 0 Å². The molecule has 0 unspecified atom stereocenters. The first-order valence-corrected chi connectivity index (χ1v) is 7.03. The fraction of sp³-hybridized carbons (Fsp3) is 0.375. The number of ether oxygens (including phenoxy) is 2. The molecule has 0 fully saturated rings. The summed E-state index contributed by atoms with van der Waals surface area (Å²) in [6, 6.07) is 5.82. The number of nitrogen functional groups attached to an aromatic ring is 1. The van der Waals surface area contributed by atoms with Crippen LogP contribution in [0.5, 0.6) is 11.5 Å². The molecule has 0 saturated carbocycles. The Hall–Kier alpha value is -2.14. The topological polar surface area (TPSA) is 60.9 Å². The van der Waals surface area contributed by atoms with Crippen LogP contribution in [-0.4, -0.2) is 25.2 Å². The van der Waals surface area contributed by atoms with Gasteiger partial charge in [-0.15, -0.1) is 0 Å². The predicted molar refractivity (Wildman–Crippen MR) is 80.5 cm³/mol. The van der Waals surface area contributed by atoms with Gasteiger partial charge in [-0.3, -0.25) is 4.90 Å². The standard InChI is InChI=1S/C16H20N2O3/c1-11-12(3-4-19-11)9-18(2)10-13-7-15-16(8-14(13)17)21-6-5-20-15/h3-4,7-8H,5-6,9-10,17H2,1-2H3. The van der Waals surface area contributed by atoms with E-state index in [1.807, 2.05) is 25.1 Å².